The first-order chi connectivity index (χ1) is 37.5. The monoisotopic (exact) mass is 1170 g/mol. The van der Waals surface area contributed by atoms with Gasteiger partial charge in [-0.1, -0.05) is 161 Å². The fourth-order valence-electron chi connectivity index (χ4n) is 18.3. The van der Waals surface area contributed by atoms with Crippen molar-refractivity contribution in [3.8, 4) is 22.3 Å². The van der Waals surface area contributed by atoms with Gasteiger partial charge in [0.25, 0.3) is 0 Å². The maximum absolute atomic E-state index is 11.2. The van der Waals surface area contributed by atoms with E-state index in [4.69, 9.17) is 17.0 Å². The zero-order valence-corrected chi connectivity index (χ0v) is 51.2. The molecule has 0 aromatic heterocycles. The fraction of sp³-hybridized carbons (Fsp3) is 0.571. The van der Waals surface area contributed by atoms with Gasteiger partial charge in [0.05, 0.1) is 0 Å². The van der Waals surface area contributed by atoms with Crippen molar-refractivity contribution in [3.63, 3.8) is 0 Å². The van der Waals surface area contributed by atoms with Crippen LogP contribution in [0.4, 0.5) is 13.2 Å². The number of hydrogen-bond acceptors (Lipinski definition) is 0. The van der Waals surface area contributed by atoms with Crippen LogP contribution in [0.5, 0.6) is 0 Å². The van der Waals surface area contributed by atoms with E-state index in [1.54, 1.807) is 28.8 Å². The van der Waals surface area contributed by atoms with E-state index in [0.29, 0.717) is 20.3 Å². The number of rotatable bonds is 10. The van der Waals surface area contributed by atoms with E-state index >= 15 is 0 Å². The molecule has 77 heavy (non-hydrogen) atoms. The Balaban J connectivity index is 0.000000138. The van der Waals surface area contributed by atoms with Crippen molar-refractivity contribution in [3.05, 3.63) is 131 Å². The summed E-state index contributed by atoms with van der Waals surface area (Å²) in [7, 11) is 10.3. The number of alkyl halides is 3. The summed E-state index contributed by atoms with van der Waals surface area (Å²) >= 11 is -0.826. The predicted octanol–water partition coefficient (Wildman–Crippen LogP) is 21.9. The molecular formula is C70H85Cl2F3SiZr. The van der Waals surface area contributed by atoms with E-state index in [0.717, 1.165) is 47.3 Å². The summed E-state index contributed by atoms with van der Waals surface area (Å²) in [6.07, 6.45) is 33.2. The van der Waals surface area contributed by atoms with Gasteiger partial charge in [-0.15, -0.1) is 69.1 Å². The molecule has 0 unspecified atom stereocenters. The van der Waals surface area contributed by atoms with Gasteiger partial charge < -0.3 is 0 Å². The molecule has 0 saturated heterocycles. The Morgan fingerprint density at radius 3 is 1.14 bits per heavy atom. The van der Waals surface area contributed by atoms with Crippen LogP contribution in [0, 0.1) is 47.3 Å². The van der Waals surface area contributed by atoms with Crippen LogP contribution >= 0.6 is 17.0 Å². The molecule has 0 spiro atoms. The maximum Gasteiger partial charge on any atom is -0.00391 e. The van der Waals surface area contributed by atoms with Crippen molar-refractivity contribution in [2.75, 3.05) is 0 Å². The molecule has 10 fully saturated rings. The third-order valence-corrected chi connectivity index (χ3v) is 21.7. The molecule has 0 N–H and O–H groups in total. The molecule has 8 bridgehead atoms. The van der Waals surface area contributed by atoms with Gasteiger partial charge in [0.15, 0.2) is 0 Å². The van der Waals surface area contributed by atoms with Gasteiger partial charge in [-0.2, -0.15) is 25.3 Å². The Bertz CT molecular complexity index is 2570. The molecule has 7 heteroatoms. The SMILES string of the molecule is C[Si]CCC(F)(F)F.[Cl][Zr+2][Cl].c1cc(-c2ccc(C34CC5CC(CC(C5)C3)C4)cc2)c2cc(CC3CCCCCC3)[cH-]c2c1.c1cc(-c2ccc(C34CC5CC(CC(C5)C3)C4)cc2)c2cc(CC3CCCCCC3)[cH-]c2c1. The Kier molecular flexibility index (Phi) is 18.6. The smallest absolute Gasteiger partial charge is 0.00391 e. The second kappa shape index (κ2) is 25.4. The summed E-state index contributed by atoms with van der Waals surface area (Å²) in [5.74, 6) is 7.88. The maximum atomic E-state index is 11.2. The third kappa shape index (κ3) is 13.6. The minimum absolute atomic E-state index is 0.281. The molecular weight excluding hydrogens is 1090 g/mol. The second-order valence-corrected chi connectivity index (χ2v) is 31.5. The van der Waals surface area contributed by atoms with Crippen LogP contribution < -0.4 is 0 Å². The largest absolute Gasteiger partial charge is 0.164 e. The van der Waals surface area contributed by atoms with Crippen molar-refractivity contribution >= 4 is 48.1 Å². The standard InChI is InChI=1S/2C33H39.C4H7F3Si.2ClH.Zr/c2*1-2-4-7-23(6-3-1)14-24-18-29-8-5-9-31(32(29)19-24)28-10-12-30(13-11-28)33-20-25-15-26(21-33)17-27(16-25)22-33;1-8-3-2-4(5,6)7;;;/h2*5,8-13,18-19,23,25-27H,1-4,6-7,14-17,20-22H2;2-3H2,1H3;2*1H;/q2*-1;;;;+4/p-2. The minimum Gasteiger partial charge on any atom is -0.164 e. The average molecular weight is 1170 g/mol. The first-order valence-corrected chi connectivity index (χ1v) is 38.8. The van der Waals surface area contributed by atoms with Gasteiger partial charge in [0.1, 0.15) is 0 Å². The normalized spacial score (nSPS) is 28.6. The van der Waals surface area contributed by atoms with Crippen molar-refractivity contribution in [2.24, 2.45) is 47.3 Å². The Morgan fingerprint density at radius 2 is 0.844 bits per heavy atom. The molecule has 2 radical (unpaired) electrons. The Labute approximate surface area is 482 Å². The molecule has 0 nitrogen and oxygen atoms in total. The Hall–Kier alpha value is -2.43. The van der Waals surface area contributed by atoms with Crippen LogP contribution in [-0.4, -0.2) is 15.7 Å². The second-order valence-electron chi connectivity index (χ2n) is 26.6. The van der Waals surface area contributed by atoms with Gasteiger partial charge in [-0.3, -0.25) is 0 Å². The third-order valence-electron chi connectivity index (χ3n) is 21.0. The van der Waals surface area contributed by atoms with Crippen LogP contribution in [0.25, 0.3) is 43.8 Å². The van der Waals surface area contributed by atoms with Crippen LogP contribution in [0.1, 0.15) is 183 Å². The first-order valence-electron chi connectivity index (χ1n) is 30.7. The van der Waals surface area contributed by atoms with Gasteiger partial charge >= 0.3 is 44.1 Å². The molecule has 6 aromatic rings. The molecule has 0 heterocycles. The van der Waals surface area contributed by atoms with Crippen molar-refractivity contribution in [1.29, 1.82) is 0 Å². The van der Waals surface area contributed by atoms with Crippen molar-refractivity contribution in [2.45, 2.75) is 203 Å². The zero-order chi connectivity index (χ0) is 53.0. The molecule has 408 valence electrons. The van der Waals surface area contributed by atoms with E-state index < -0.39 is 33.4 Å². The molecule has 10 aliphatic carbocycles. The van der Waals surface area contributed by atoms with E-state index in [9.17, 15) is 13.2 Å². The molecule has 0 aliphatic heterocycles. The molecule has 0 amide bonds. The summed E-state index contributed by atoms with van der Waals surface area (Å²) in [5.41, 5.74) is 13.1. The van der Waals surface area contributed by atoms with Gasteiger partial charge in [0, 0.05) is 15.9 Å². The number of benzene rings is 4. The average Bonchev–Trinajstić information content (AvgIpc) is 3.87. The van der Waals surface area contributed by atoms with E-state index in [1.165, 1.54) is 211 Å². The molecule has 10 aliphatic rings. The zero-order valence-electron chi connectivity index (χ0n) is 46.2. The van der Waals surface area contributed by atoms with Crippen molar-refractivity contribution in [1.82, 2.24) is 0 Å². The summed E-state index contributed by atoms with van der Waals surface area (Å²) in [4.78, 5) is 0. The predicted molar refractivity (Wildman–Crippen MR) is 318 cm³/mol. The number of hydrogen-bond donors (Lipinski definition) is 0. The Morgan fingerprint density at radius 1 is 0.506 bits per heavy atom. The van der Waals surface area contributed by atoms with Gasteiger partial charge in [-0.05, 0) is 170 Å². The van der Waals surface area contributed by atoms with Crippen LogP contribution in [0.2, 0.25) is 12.6 Å². The summed E-state index contributed by atoms with van der Waals surface area (Å²) in [5, 5.41) is 5.79. The minimum atomic E-state index is -3.94. The molecule has 0 atom stereocenters. The van der Waals surface area contributed by atoms with Crippen molar-refractivity contribution < 1.29 is 34.0 Å². The van der Waals surface area contributed by atoms with E-state index in [2.05, 4.69) is 109 Å². The first kappa shape index (κ1) is 56.4. The topological polar surface area (TPSA) is 0 Å². The van der Waals surface area contributed by atoms with E-state index in [1.807, 2.05) is 0 Å². The van der Waals surface area contributed by atoms with Crippen LogP contribution in [-0.2, 0) is 44.5 Å². The summed E-state index contributed by atoms with van der Waals surface area (Å²) in [6, 6.07) is 44.0. The van der Waals surface area contributed by atoms with Crippen LogP contribution in [0.15, 0.2) is 109 Å². The number of halogens is 5. The fourth-order valence-corrected chi connectivity index (χ4v) is 18.9. The molecule has 10 saturated carbocycles. The quantitative estimate of drug-likeness (QED) is 0.0729. The number of fused-ring (bicyclic) bond motifs is 2. The molecule has 6 aromatic carbocycles. The molecule has 16 rings (SSSR count). The summed E-state index contributed by atoms with van der Waals surface area (Å²) in [6.45, 7) is 1.77. The van der Waals surface area contributed by atoms with Gasteiger partial charge in [0.2, 0.25) is 0 Å². The summed E-state index contributed by atoms with van der Waals surface area (Å²) < 4.78 is 33.7. The van der Waals surface area contributed by atoms with E-state index in [-0.39, 0.29) is 6.04 Å². The van der Waals surface area contributed by atoms with Gasteiger partial charge in [-0.25, -0.2) is 0 Å². The van der Waals surface area contributed by atoms with Crippen LogP contribution in [0.3, 0.4) is 0 Å².